The van der Waals surface area contributed by atoms with Crippen LogP contribution in [0.25, 0.3) is 0 Å². The zero-order valence-corrected chi connectivity index (χ0v) is 14.9. The molecular formula is C19H25Cl2N. The first-order valence-electron chi connectivity index (χ1n) is 7.83. The maximum absolute atomic E-state index is 5.84. The van der Waals surface area contributed by atoms with Crippen LogP contribution in [-0.2, 0) is 6.42 Å². The summed E-state index contributed by atoms with van der Waals surface area (Å²) in [7, 11) is 0. The van der Waals surface area contributed by atoms with Gasteiger partial charge in [0.1, 0.15) is 0 Å². The summed E-state index contributed by atoms with van der Waals surface area (Å²) < 4.78 is 0. The highest BCUT2D eigenvalue weighted by atomic mass is 35.5. The van der Waals surface area contributed by atoms with Gasteiger partial charge in [-0.1, -0.05) is 56.3 Å². The molecule has 0 unspecified atom stereocenters. The first kappa shape index (κ1) is 18.9. The number of hydrogen-bond donors (Lipinski definition) is 0. The van der Waals surface area contributed by atoms with E-state index in [-0.39, 0.29) is 0 Å². The number of hydrogen-bond acceptors (Lipinski definition) is 1. The van der Waals surface area contributed by atoms with E-state index in [4.69, 9.17) is 23.2 Å². The summed E-state index contributed by atoms with van der Waals surface area (Å²) in [6.45, 7) is 5.65. The van der Waals surface area contributed by atoms with Crippen molar-refractivity contribution in [3.63, 3.8) is 0 Å². The van der Waals surface area contributed by atoms with Crippen LogP contribution in [0.15, 0.2) is 54.6 Å². The van der Waals surface area contributed by atoms with Crippen molar-refractivity contribution >= 4 is 28.9 Å². The predicted molar refractivity (Wildman–Crippen MR) is 101 cm³/mol. The van der Waals surface area contributed by atoms with E-state index in [0.29, 0.717) is 11.8 Å². The smallest absolute Gasteiger partial charge is 0.0399 e. The van der Waals surface area contributed by atoms with E-state index in [1.54, 1.807) is 0 Å². The van der Waals surface area contributed by atoms with Crippen LogP contribution in [0.5, 0.6) is 0 Å². The molecule has 2 aromatic rings. The van der Waals surface area contributed by atoms with Gasteiger partial charge < -0.3 is 4.90 Å². The van der Waals surface area contributed by atoms with Crippen molar-refractivity contribution in [3.05, 3.63) is 65.7 Å². The van der Waals surface area contributed by atoms with Crippen molar-refractivity contribution in [1.29, 1.82) is 0 Å². The van der Waals surface area contributed by atoms with Crippen molar-refractivity contribution in [1.82, 2.24) is 0 Å². The molecule has 0 radical (unpaired) electrons. The average molecular weight is 338 g/mol. The highest BCUT2D eigenvalue weighted by Crippen LogP contribution is 2.17. The number of rotatable bonds is 7. The molecule has 2 rings (SSSR count). The minimum atomic E-state index is 0.614. The average Bonchev–Trinajstić information content (AvgIpc) is 2.58. The minimum absolute atomic E-state index is 0.614. The van der Waals surface area contributed by atoms with Crippen molar-refractivity contribution in [3.8, 4) is 0 Å². The normalized spacial score (nSPS) is 9.82. The quantitative estimate of drug-likeness (QED) is 0.595. The summed E-state index contributed by atoms with van der Waals surface area (Å²) in [5.41, 5.74) is 3.83. The van der Waals surface area contributed by atoms with Crippen LogP contribution in [0.3, 0.4) is 0 Å². The number of alkyl halides is 2. The van der Waals surface area contributed by atoms with Gasteiger partial charge in [-0.25, -0.2) is 0 Å². The summed E-state index contributed by atoms with van der Waals surface area (Å²) in [6.07, 6.45) is 0.964. The van der Waals surface area contributed by atoms with E-state index >= 15 is 0 Å². The molecular weight excluding hydrogens is 313 g/mol. The van der Waals surface area contributed by atoms with E-state index in [1.165, 1.54) is 16.8 Å². The maximum atomic E-state index is 5.84. The van der Waals surface area contributed by atoms with E-state index in [2.05, 4.69) is 53.4 Å². The van der Waals surface area contributed by atoms with Gasteiger partial charge in [0.2, 0.25) is 0 Å². The fourth-order valence-corrected chi connectivity index (χ4v) is 2.64. The molecule has 0 bridgehead atoms. The molecule has 0 N–H and O–H groups in total. The standard InChI is InChI=1S/C17H19Cl2N.C2H6/c18-10-12-20(13-11-19)17-8-6-16(7-9-17)14-15-4-2-1-3-5-15;1-2/h1-9H,10-14H2;1-2H3. The van der Waals surface area contributed by atoms with Crippen LogP contribution >= 0.6 is 23.2 Å². The second-order valence-corrected chi connectivity index (χ2v) is 5.45. The van der Waals surface area contributed by atoms with Crippen molar-refractivity contribution in [2.45, 2.75) is 20.3 Å². The number of anilines is 1. The van der Waals surface area contributed by atoms with Gasteiger partial charge in [0, 0.05) is 30.5 Å². The SMILES string of the molecule is CC.ClCCN(CCCl)c1ccc(Cc2ccccc2)cc1. The molecule has 120 valence electrons. The van der Waals surface area contributed by atoms with Crippen molar-refractivity contribution < 1.29 is 0 Å². The minimum Gasteiger partial charge on any atom is -0.369 e. The molecule has 0 fully saturated rings. The Morgan fingerprint density at radius 2 is 1.23 bits per heavy atom. The van der Waals surface area contributed by atoms with Crippen LogP contribution in [-0.4, -0.2) is 24.8 Å². The maximum Gasteiger partial charge on any atom is 0.0399 e. The van der Waals surface area contributed by atoms with E-state index < -0.39 is 0 Å². The van der Waals surface area contributed by atoms with Crippen LogP contribution in [0.1, 0.15) is 25.0 Å². The third kappa shape index (κ3) is 6.29. The third-order valence-electron chi connectivity index (χ3n) is 3.26. The molecule has 2 aromatic carbocycles. The van der Waals surface area contributed by atoms with E-state index in [1.807, 2.05) is 19.9 Å². The monoisotopic (exact) mass is 337 g/mol. The van der Waals surface area contributed by atoms with Gasteiger partial charge >= 0.3 is 0 Å². The van der Waals surface area contributed by atoms with Gasteiger partial charge in [-0.15, -0.1) is 23.2 Å². The zero-order valence-electron chi connectivity index (χ0n) is 13.4. The summed E-state index contributed by atoms with van der Waals surface area (Å²) >= 11 is 11.7. The van der Waals surface area contributed by atoms with Crippen LogP contribution in [0.2, 0.25) is 0 Å². The van der Waals surface area contributed by atoms with Crippen LogP contribution in [0, 0.1) is 0 Å². The first-order valence-corrected chi connectivity index (χ1v) is 8.90. The lowest BCUT2D eigenvalue weighted by Gasteiger charge is -2.23. The lowest BCUT2D eigenvalue weighted by atomic mass is 10.0. The molecule has 0 aliphatic carbocycles. The third-order valence-corrected chi connectivity index (χ3v) is 3.60. The molecule has 3 heteroatoms. The van der Waals surface area contributed by atoms with Crippen molar-refractivity contribution in [2.24, 2.45) is 0 Å². The Hall–Kier alpha value is -1.18. The Bertz CT molecular complexity index is 491. The highest BCUT2D eigenvalue weighted by Gasteiger charge is 2.05. The lowest BCUT2D eigenvalue weighted by molar-refractivity contribution is 0.873. The number of nitrogens with zero attached hydrogens (tertiary/aromatic N) is 1. The van der Waals surface area contributed by atoms with Crippen LogP contribution < -0.4 is 4.90 Å². The van der Waals surface area contributed by atoms with Gasteiger partial charge in [0.15, 0.2) is 0 Å². The Morgan fingerprint density at radius 1 is 0.727 bits per heavy atom. The van der Waals surface area contributed by atoms with Gasteiger partial charge in [-0.3, -0.25) is 0 Å². The van der Waals surface area contributed by atoms with Gasteiger partial charge in [0.25, 0.3) is 0 Å². The van der Waals surface area contributed by atoms with Gasteiger partial charge in [0.05, 0.1) is 0 Å². The molecule has 0 spiro atoms. The summed E-state index contributed by atoms with van der Waals surface area (Å²) in [5, 5.41) is 0. The zero-order chi connectivity index (χ0) is 16.2. The van der Waals surface area contributed by atoms with E-state index in [9.17, 15) is 0 Å². The van der Waals surface area contributed by atoms with Crippen molar-refractivity contribution in [2.75, 3.05) is 29.7 Å². The Balaban J connectivity index is 0.00000116. The molecule has 0 saturated carbocycles. The molecule has 0 aliphatic heterocycles. The summed E-state index contributed by atoms with van der Waals surface area (Å²) in [4.78, 5) is 2.21. The first-order chi connectivity index (χ1) is 10.8. The summed E-state index contributed by atoms with van der Waals surface area (Å²) in [5.74, 6) is 1.23. The van der Waals surface area contributed by atoms with Gasteiger partial charge in [-0.2, -0.15) is 0 Å². The lowest BCUT2D eigenvalue weighted by Crippen LogP contribution is -2.27. The fraction of sp³-hybridized carbons (Fsp3) is 0.368. The largest absolute Gasteiger partial charge is 0.369 e. The van der Waals surface area contributed by atoms with Gasteiger partial charge in [-0.05, 0) is 29.7 Å². The molecule has 0 amide bonds. The Morgan fingerprint density at radius 3 is 1.73 bits per heavy atom. The number of benzene rings is 2. The molecule has 0 aliphatic rings. The number of halogens is 2. The highest BCUT2D eigenvalue weighted by molar-refractivity contribution is 6.18. The fourth-order valence-electron chi connectivity index (χ4n) is 2.23. The molecule has 1 nitrogen and oxygen atoms in total. The Kier molecular flexibility index (Phi) is 9.77. The molecule has 0 atom stereocenters. The predicted octanol–water partition coefficient (Wildman–Crippen LogP) is 5.59. The van der Waals surface area contributed by atoms with E-state index in [0.717, 1.165) is 19.5 Å². The molecule has 0 saturated heterocycles. The molecule has 0 aromatic heterocycles. The second-order valence-electron chi connectivity index (χ2n) is 4.69. The van der Waals surface area contributed by atoms with Crippen LogP contribution in [0.4, 0.5) is 5.69 Å². The molecule has 22 heavy (non-hydrogen) atoms. The molecule has 0 heterocycles. The Labute approximate surface area is 144 Å². The second kappa shape index (κ2) is 11.4. The topological polar surface area (TPSA) is 3.24 Å². The summed E-state index contributed by atoms with van der Waals surface area (Å²) in [6, 6.07) is 19.2.